The molecule has 2 aromatic carbocycles. The molecule has 2 aromatic rings. The fourth-order valence-corrected chi connectivity index (χ4v) is 3.19. The molecule has 0 N–H and O–H groups in total. The van der Waals surface area contributed by atoms with E-state index in [1.807, 2.05) is 81.4 Å². The molecule has 130 valence electrons. The number of rotatable bonds is 5. The zero-order valence-electron chi connectivity index (χ0n) is 15.0. The highest BCUT2D eigenvalue weighted by Gasteiger charge is 2.45. The van der Waals surface area contributed by atoms with Crippen molar-refractivity contribution < 1.29 is 14.3 Å². The monoisotopic (exact) mass is 336 g/mol. The molecular formula is C22H24O3. The molecule has 0 radical (unpaired) electrons. The van der Waals surface area contributed by atoms with E-state index >= 15 is 0 Å². The molecule has 0 saturated heterocycles. The summed E-state index contributed by atoms with van der Waals surface area (Å²) in [7, 11) is 0. The second kappa shape index (κ2) is 7.14. The lowest BCUT2D eigenvalue weighted by molar-refractivity contribution is -0.143. The molecule has 0 aliphatic carbocycles. The summed E-state index contributed by atoms with van der Waals surface area (Å²) in [5.41, 5.74) is 2.00. The SMILES string of the molecule is CCC(C)OC(=O)C1=C(C)OC(c2ccccc2)(c2ccccc2)C1. The summed E-state index contributed by atoms with van der Waals surface area (Å²) < 4.78 is 11.9. The summed E-state index contributed by atoms with van der Waals surface area (Å²) in [6.45, 7) is 5.76. The van der Waals surface area contributed by atoms with Crippen molar-refractivity contribution in [1.29, 1.82) is 0 Å². The van der Waals surface area contributed by atoms with E-state index in [4.69, 9.17) is 9.47 Å². The largest absolute Gasteiger partial charge is 0.482 e. The lowest BCUT2D eigenvalue weighted by Gasteiger charge is -2.31. The number of carbonyl (C=O) groups excluding carboxylic acids is 1. The van der Waals surface area contributed by atoms with Crippen molar-refractivity contribution in [3.63, 3.8) is 0 Å². The Morgan fingerprint density at radius 2 is 1.60 bits per heavy atom. The third kappa shape index (κ3) is 3.32. The summed E-state index contributed by atoms with van der Waals surface area (Å²) >= 11 is 0. The van der Waals surface area contributed by atoms with Gasteiger partial charge in [0.15, 0.2) is 5.60 Å². The summed E-state index contributed by atoms with van der Waals surface area (Å²) in [5.74, 6) is 0.363. The third-order valence-electron chi connectivity index (χ3n) is 4.79. The smallest absolute Gasteiger partial charge is 0.337 e. The Kier molecular flexibility index (Phi) is 4.93. The second-order valence-corrected chi connectivity index (χ2v) is 6.50. The van der Waals surface area contributed by atoms with E-state index in [0.29, 0.717) is 17.8 Å². The summed E-state index contributed by atoms with van der Waals surface area (Å²) in [5, 5.41) is 0. The topological polar surface area (TPSA) is 35.5 Å². The van der Waals surface area contributed by atoms with Crippen LogP contribution in [0.3, 0.4) is 0 Å². The Morgan fingerprint density at radius 1 is 1.08 bits per heavy atom. The maximum atomic E-state index is 12.6. The summed E-state index contributed by atoms with van der Waals surface area (Å²) in [4.78, 5) is 12.6. The van der Waals surface area contributed by atoms with Crippen LogP contribution in [0.25, 0.3) is 0 Å². The molecule has 1 aliphatic heterocycles. The lowest BCUT2D eigenvalue weighted by Crippen LogP contribution is -2.28. The standard InChI is InChI=1S/C22H24O3/c1-4-16(2)24-21(23)20-15-22(25-17(20)3,18-11-7-5-8-12-18)19-13-9-6-10-14-19/h5-14,16H,4,15H2,1-3H3. The number of allylic oxidation sites excluding steroid dienone is 1. The summed E-state index contributed by atoms with van der Waals surface area (Å²) in [6, 6.07) is 20.1. The molecule has 3 heteroatoms. The minimum atomic E-state index is -0.684. The van der Waals surface area contributed by atoms with E-state index in [1.54, 1.807) is 0 Å². The Morgan fingerprint density at radius 3 is 2.08 bits per heavy atom. The Balaban J connectivity index is 1.99. The van der Waals surface area contributed by atoms with Crippen LogP contribution in [0.15, 0.2) is 72.0 Å². The lowest BCUT2D eigenvalue weighted by atomic mass is 9.82. The van der Waals surface area contributed by atoms with Crippen LogP contribution < -0.4 is 0 Å². The molecular weight excluding hydrogens is 312 g/mol. The van der Waals surface area contributed by atoms with Gasteiger partial charge >= 0.3 is 5.97 Å². The van der Waals surface area contributed by atoms with E-state index in [9.17, 15) is 4.79 Å². The number of esters is 1. The van der Waals surface area contributed by atoms with Crippen LogP contribution in [0.2, 0.25) is 0 Å². The Hall–Kier alpha value is -2.55. The van der Waals surface area contributed by atoms with Gasteiger partial charge in [-0.3, -0.25) is 0 Å². The van der Waals surface area contributed by atoms with Gasteiger partial charge in [-0.2, -0.15) is 0 Å². The van der Waals surface area contributed by atoms with Crippen LogP contribution in [0.4, 0.5) is 0 Å². The van der Waals surface area contributed by atoms with Crippen LogP contribution in [0, 0.1) is 0 Å². The third-order valence-corrected chi connectivity index (χ3v) is 4.79. The van der Waals surface area contributed by atoms with Crippen LogP contribution in [-0.2, 0) is 19.9 Å². The molecule has 0 saturated carbocycles. The highest BCUT2D eigenvalue weighted by molar-refractivity contribution is 5.90. The van der Waals surface area contributed by atoms with Gasteiger partial charge in [0, 0.05) is 17.5 Å². The number of carbonyl (C=O) groups is 1. The molecule has 1 aliphatic rings. The number of hydrogen-bond acceptors (Lipinski definition) is 3. The van der Waals surface area contributed by atoms with Gasteiger partial charge in [0.1, 0.15) is 5.76 Å². The average Bonchev–Trinajstić information content (AvgIpc) is 3.02. The second-order valence-electron chi connectivity index (χ2n) is 6.50. The zero-order valence-corrected chi connectivity index (χ0v) is 15.0. The van der Waals surface area contributed by atoms with E-state index < -0.39 is 5.60 Å². The highest BCUT2D eigenvalue weighted by atomic mass is 16.5. The fourth-order valence-electron chi connectivity index (χ4n) is 3.19. The molecule has 1 heterocycles. The first kappa shape index (κ1) is 17.3. The molecule has 0 fully saturated rings. The van der Waals surface area contributed by atoms with Crippen LogP contribution in [0.1, 0.15) is 44.7 Å². The predicted octanol–water partition coefficient (Wildman–Crippen LogP) is 4.97. The zero-order chi connectivity index (χ0) is 17.9. The van der Waals surface area contributed by atoms with Gasteiger partial charge in [-0.15, -0.1) is 0 Å². The van der Waals surface area contributed by atoms with Crippen molar-refractivity contribution in [1.82, 2.24) is 0 Å². The number of hydrogen-bond donors (Lipinski definition) is 0. The molecule has 0 spiro atoms. The van der Waals surface area contributed by atoms with Gasteiger partial charge in [-0.1, -0.05) is 67.6 Å². The van der Waals surface area contributed by atoms with Gasteiger partial charge < -0.3 is 9.47 Å². The molecule has 3 rings (SSSR count). The van der Waals surface area contributed by atoms with Gasteiger partial charge in [0.05, 0.1) is 11.7 Å². The summed E-state index contributed by atoms with van der Waals surface area (Å²) in [6.07, 6.45) is 1.17. The van der Waals surface area contributed by atoms with Gasteiger partial charge in [-0.05, 0) is 20.3 Å². The molecule has 0 bridgehead atoms. The van der Waals surface area contributed by atoms with Gasteiger partial charge in [0.25, 0.3) is 0 Å². The number of benzene rings is 2. The van der Waals surface area contributed by atoms with Crippen molar-refractivity contribution in [2.24, 2.45) is 0 Å². The first-order chi connectivity index (χ1) is 12.1. The van der Waals surface area contributed by atoms with E-state index in [0.717, 1.165) is 17.5 Å². The molecule has 3 nitrogen and oxygen atoms in total. The quantitative estimate of drug-likeness (QED) is 0.724. The van der Waals surface area contributed by atoms with E-state index in [2.05, 4.69) is 0 Å². The van der Waals surface area contributed by atoms with Crippen molar-refractivity contribution in [2.75, 3.05) is 0 Å². The maximum Gasteiger partial charge on any atom is 0.337 e. The minimum Gasteiger partial charge on any atom is -0.482 e. The van der Waals surface area contributed by atoms with Crippen molar-refractivity contribution >= 4 is 5.97 Å². The minimum absolute atomic E-state index is 0.101. The van der Waals surface area contributed by atoms with E-state index in [1.165, 1.54) is 0 Å². The van der Waals surface area contributed by atoms with E-state index in [-0.39, 0.29) is 12.1 Å². The predicted molar refractivity (Wildman–Crippen MR) is 97.9 cm³/mol. The first-order valence-electron chi connectivity index (χ1n) is 8.77. The van der Waals surface area contributed by atoms with Crippen molar-refractivity contribution in [3.05, 3.63) is 83.1 Å². The van der Waals surface area contributed by atoms with Crippen LogP contribution in [-0.4, -0.2) is 12.1 Å². The molecule has 25 heavy (non-hydrogen) atoms. The van der Waals surface area contributed by atoms with Crippen LogP contribution in [0.5, 0.6) is 0 Å². The fraction of sp³-hybridized carbons (Fsp3) is 0.318. The first-order valence-corrected chi connectivity index (χ1v) is 8.77. The maximum absolute atomic E-state index is 12.6. The van der Waals surface area contributed by atoms with Gasteiger partial charge in [-0.25, -0.2) is 4.79 Å². The normalized spacial score (nSPS) is 17.1. The molecule has 0 aromatic heterocycles. The Labute approximate surface area is 149 Å². The number of ether oxygens (including phenoxy) is 2. The molecule has 1 unspecified atom stereocenters. The van der Waals surface area contributed by atoms with Gasteiger partial charge in [0.2, 0.25) is 0 Å². The van der Waals surface area contributed by atoms with Crippen LogP contribution >= 0.6 is 0 Å². The van der Waals surface area contributed by atoms with Crippen molar-refractivity contribution in [3.8, 4) is 0 Å². The van der Waals surface area contributed by atoms with Crippen molar-refractivity contribution in [2.45, 2.75) is 45.3 Å². The molecule has 1 atom stereocenters. The average molecular weight is 336 g/mol. The molecule has 0 amide bonds. The highest BCUT2D eigenvalue weighted by Crippen LogP contribution is 2.46. The Bertz CT molecular complexity index is 723.